The summed E-state index contributed by atoms with van der Waals surface area (Å²) in [6, 6.07) is 0. The minimum Gasteiger partial charge on any atom is -0.342 e. The lowest BCUT2D eigenvalue weighted by atomic mass is 9.98. The maximum Gasteiger partial charge on any atom is 0.231 e. The van der Waals surface area contributed by atoms with Crippen molar-refractivity contribution >= 4 is 5.91 Å². The highest BCUT2D eigenvalue weighted by Crippen LogP contribution is 2.25. The van der Waals surface area contributed by atoms with Gasteiger partial charge in [0.05, 0.1) is 5.92 Å². The van der Waals surface area contributed by atoms with E-state index in [0.29, 0.717) is 18.3 Å². The van der Waals surface area contributed by atoms with E-state index in [1.165, 1.54) is 0 Å². The Balaban J connectivity index is 2.07. The van der Waals surface area contributed by atoms with Crippen LogP contribution in [-0.2, 0) is 4.79 Å². The molecule has 2 rings (SSSR count). The molecule has 1 saturated heterocycles. The second kappa shape index (κ2) is 4.00. The summed E-state index contributed by atoms with van der Waals surface area (Å²) in [7, 11) is 0. The summed E-state index contributed by atoms with van der Waals surface area (Å²) < 4.78 is 5.13. The van der Waals surface area contributed by atoms with Crippen molar-refractivity contribution in [3.8, 4) is 0 Å². The van der Waals surface area contributed by atoms with Crippen LogP contribution in [0, 0.1) is 6.92 Å². The quantitative estimate of drug-likeness (QED) is 0.695. The highest BCUT2D eigenvalue weighted by atomic mass is 16.5. The van der Waals surface area contributed by atoms with E-state index >= 15 is 0 Å². The first-order chi connectivity index (χ1) is 7.16. The van der Waals surface area contributed by atoms with Crippen LogP contribution < -0.4 is 0 Å². The van der Waals surface area contributed by atoms with E-state index in [1.54, 1.807) is 13.8 Å². The second-order valence-corrected chi connectivity index (χ2v) is 3.98. The first kappa shape index (κ1) is 10.1. The molecule has 0 spiro atoms. The number of nitrogens with zero attached hydrogens (tertiary/aromatic N) is 3. The van der Waals surface area contributed by atoms with E-state index in [-0.39, 0.29) is 11.8 Å². The predicted octanol–water partition coefficient (Wildman–Crippen LogP) is 1.10. The number of hydrogen-bond donors (Lipinski definition) is 0. The number of carbonyl (C=O) groups excluding carboxylic acids is 1. The summed E-state index contributed by atoms with van der Waals surface area (Å²) >= 11 is 0. The minimum absolute atomic E-state index is 0.121. The summed E-state index contributed by atoms with van der Waals surface area (Å²) in [4.78, 5) is 17.3. The van der Waals surface area contributed by atoms with Gasteiger partial charge in [-0.15, -0.1) is 0 Å². The Morgan fingerprint density at radius 3 is 3.00 bits per heavy atom. The molecule has 1 fully saturated rings. The largest absolute Gasteiger partial charge is 0.342 e. The smallest absolute Gasteiger partial charge is 0.231 e. The van der Waals surface area contributed by atoms with Crippen LogP contribution in [0.25, 0.3) is 0 Å². The molecule has 1 aromatic rings. The molecule has 2 heterocycles. The predicted molar refractivity (Wildman–Crippen MR) is 53.3 cm³/mol. The average molecular weight is 209 g/mol. The summed E-state index contributed by atoms with van der Waals surface area (Å²) in [6.45, 7) is 4.95. The third kappa shape index (κ3) is 2.16. The lowest BCUT2D eigenvalue weighted by molar-refractivity contribution is -0.130. The van der Waals surface area contributed by atoms with Crippen LogP contribution in [-0.4, -0.2) is 34.0 Å². The van der Waals surface area contributed by atoms with Crippen molar-refractivity contribution < 1.29 is 9.32 Å². The monoisotopic (exact) mass is 209 g/mol. The van der Waals surface area contributed by atoms with E-state index in [2.05, 4.69) is 10.1 Å². The standard InChI is InChI=1S/C10H15N3O2/c1-7-11-10(15-12-7)9-4-3-5-13(6-9)8(2)14/h9H,3-6H2,1-2H3/t9-/m1/s1. The molecule has 1 aliphatic heterocycles. The minimum atomic E-state index is 0.121. The molecule has 0 unspecified atom stereocenters. The molecule has 0 aliphatic carbocycles. The normalized spacial score (nSPS) is 21.7. The van der Waals surface area contributed by atoms with E-state index in [0.717, 1.165) is 19.4 Å². The first-order valence-corrected chi connectivity index (χ1v) is 5.22. The Kier molecular flexibility index (Phi) is 2.70. The van der Waals surface area contributed by atoms with Crippen LogP contribution in [0.3, 0.4) is 0 Å². The fraction of sp³-hybridized carbons (Fsp3) is 0.700. The molecule has 0 N–H and O–H groups in total. The molecule has 1 atom stereocenters. The van der Waals surface area contributed by atoms with Crippen LogP contribution >= 0.6 is 0 Å². The SMILES string of the molecule is CC(=O)N1CCC[C@@H](c2nc(C)no2)C1. The van der Waals surface area contributed by atoms with Gasteiger partial charge in [-0.3, -0.25) is 4.79 Å². The van der Waals surface area contributed by atoms with Crippen molar-refractivity contribution in [2.45, 2.75) is 32.6 Å². The van der Waals surface area contributed by atoms with E-state index in [1.807, 2.05) is 4.90 Å². The van der Waals surface area contributed by atoms with Gasteiger partial charge in [0, 0.05) is 20.0 Å². The number of amides is 1. The van der Waals surface area contributed by atoms with Gasteiger partial charge in [-0.25, -0.2) is 0 Å². The molecule has 1 aromatic heterocycles. The fourth-order valence-corrected chi connectivity index (χ4v) is 1.94. The molecule has 0 bridgehead atoms. The number of aryl methyl sites for hydroxylation is 1. The van der Waals surface area contributed by atoms with Gasteiger partial charge in [0.15, 0.2) is 5.82 Å². The highest BCUT2D eigenvalue weighted by molar-refractivity contribution is 5.73. The van der Waals surface area contributed by atoms with Gasteiger partial charge in [-0.2, -0.15) is 4.98 Å². The molecular formula is C10H15N3O2. The zero-order chi connectivity index (χ0) is 10.8. The van der Waals surface area contributed by atoms with Crippen LogP contribution in [0.1, 0.15) is 37.4 Å². The molecule has 1 aliphatic rings. The van der Waals surface area contributed by atoms with Gasteiger partial charge in [-0.05, 0) is 19.8 Å². The Morgan fingerprint density at radius 2 is 2.40 bits per heavy atom. The van der Waals surface area contributed by atoms with Crippen LogP contribution in [0.2, 0.25) is 0 Å². The number of hydrogen-bond acceptors (Lipinski definition) is 4. The van der Waals surface area contributed by atoms with Crippen molar-refractivity contribution in [1.82, 2.24) is 15.0 Å². The van der Waals surface area contributed by atoms with Crippen molar-refractivity contribution in [3.05, 3.63) is 11.7 Å². The van der Waals surface area contributed by atoms with Gasteiger partial charge in [-0.1, -0.05) is 5.16 Å². The number of aromatic nitrogens is 2. The topological polar surface area (TPSA) is 59.2 Å². The average Bonchev–Trinajstić information content (AvgIpc) is 2.65. The molecule has 5 nitrogen and oxygen atoms in total. The van der Waals surface area contributed by atoms with Crippen LogP contribution in [0.15, 0.2) is 4.52 Å². The Labute approximate surface area is 88.5 Å². The zero-order valence-corrected chi connectivity index (χ0v) is 9.06. The fourth-order valence-electron chi connectivity index (χ4n) is 1.94. The van der Waals surface area contributed by atoms with Gasteiger partial charge in [0.1, 0.15) is 0 Å². The van der Waals surface area contributed by atoms with Gasteiger partial charge in [0.25, 0.3) is 0 Å². The maximum absolute atomic E-state index is 11.2. The molecule has 5 heteroatoms. The van der Waals surface area contributed by atoms with E-state index < -0.39 is 0 Å². The molecule has 82 valence electrons. The number of likely N-dealkylation sites (tertiary alicyclic amines) is 1. The molecule has 15 heavy (non-hydrogen) atoms. The highest BCUT2D eigenvalue weighted by Gasteiger charge is 2.26. The van der Waals surface area contributed by atoms with Gasteiger partial charge < -0.3 is 9.42 Å². The van der Waals surface area contributed by atoms with E-state index in [4.69, 9.17) is 4.52 Å². The first-order valence-electron chi connectivity index (χ1n) is 5.22. The zero-order valence-electron chi connectivity index (χ0n) is 9.06. The Bertz CT molecular complexity index is 361. The molecule has 0 aromatic carbocycles. The number of rotatable bonds is 1. The lowest BCUT2D eigenvalue weighted by Crippen LogP contribution is -2.37. The molecular weight excluding hydrogens is 194 g/mol. The Morgan fingerprint density at radius 1 is 1.60 bits per heavy atom. The van der Waals surface area contributed by atoms with E-state index in [9.17, 15) is 4.79 Å². The summed E-state index contributed by atoms with van der Waals surface area (Å²) in [5, 5.41) is 3.77. The Hall–Kier alpha value is -1.39. The van der Waals surface area contributed by atoms with Crippen molar-refractivity contribution in [1.29, 1.82) is 0 Å². The molecule has 0 saturated carbocycles. The van der Waals surface area contributed by atoms with Gasteiger partial charge >= 0.3 is 0 Å². The second-order valence-electron chi connectivity index (χ2n) is 3.98. The summed E-state index contributed by atoms with van der Waals surface area (Å²) in [5.41, 5.74) is 0. The number of carbonyl (C=O) groups is 1. The van der Waals surface area contributed by atoms with Crippen molar-refractivity contribution in [3.63, 3.8) is 0 Å². The molecule has 0 radical (unpaired) electrons. The third-order valence-corrected chi connectivity index (χ3v) is 2.76. The van der Waals surface area contributed by atoms with Crippen LogP contribution in [0.4, 0.5) is 0 Å². The van der Waals surface area contributed by atoms with Gasteiger partial charge in [0.2, 0.25) is 11.8 Å². The maximum atomic E-state index is 11.2. The van der Waals surface area contributed by atoms with Crippen molar-refractivity contribution in [2.24, 2.45) is 0 Å². The molecule has 1 amide bonds. The number of piperidine rings is 1. The summed E-state index contributed by atoms with van der Waals surface area (Å²) in [6.07, 6.45) is 2.02. The lowest BCUT2D eigenvalue weighted by Gasteiger charge is -2.29. The van der Waals surface area contributed by atoms with Crippen molar-refractivity contribution in [2.75, 3.05) is 13.1 Å². The third-order valence-electron chi connectivity index (χ3n) is 2.76. The summed E-state index contributed by atoms with van der Waals surface area (Å²) in [5.74, 6) is 1.66. The van der Waals surface area contributed by atoms with Crippen LogP contribution in [0.5, 0.6) is 0 Å².